The Morgan fingerprint density at radius 1 is 1.20 bits per heavy atom. The van der Waals surface area contributed by atoms with E-state index in [4.69, 9.17) is 4.74 Å². The van der Waals surface area contributed by atoms with Crippen LogP contribution in [-0.2, 0) is 16.1 Å². The monoisotopic (exact) mass is 348 g/mol. The number of likely N-dealkylation sites (tertiary alicyclic amines) is 1. The van der Waals surface area contributed by atoms with Crippen LogP contribution in [0.25, 0.3) is 0 Å². The summed E-state index contributed by atoms with van der Waals surface area (Å²) in [4.78, 5) is 17.1. The van der Waals surface area contributed by atoms with Crippen molar-refractivity contribution in [3.05, 3.63) is 35.6 Å². The normalized spacial score (nSPS) is 20.6. The van der Waals surface area contributed by atoms with Gasteiger partial charge in [0.05, 0.1) is 0 Å². The number of carbonyl (C=O) groups is 1. The van der Waals surface area contributed by atoms with Crippen LogP contribution in [0.5, 0.6) is 0 Å². The van der Waals surface area contributed by atoms with E-state index in [1.165, 1.54) is 6.07 Å². The summed E-state index contributed by atoms with van der Waals surface area (Å²) in [5.74, 6) is 0.0992. The summed E-state index contributed by atoms with van der Waals surface area (Å²) in [6, 6.07) is 7.51. The van der Waals surface area contributed by atoms with Crippen molar-refractivity contribution in [2.24, 2.45) is 0 Å². The van der Waals surface area contributed by atoms with Crippen molar-refractivity contribution in [3.8, 4) is 0 Å². The molecule has 0 aromatic heterocycles. The molecule has 1 aromatic rings. The van der Waals surface area contributed by atoms with Gasteiger partial charge in [-0.2, -0.15) is 0 Å². The van der Waals surface area contributed by atoms with Gasteiger partial charge in [-0.05, 0) is 43.4 Å². The van der Waals surface area contributed by atoms with Crippen LogP contribution in [0, 0.1) is 5.82 Å². The van der Waals surface area contributed by atoms with Gasteiger partial charge in [-0.3, -0.25) is 9.69 Å². The van der Waals surface area contributed by atoms with Crippen molar-refractivity contribution in [1.82, 2.24) is 9.80 Å². The third-order valence-electron chi connectivity index (χ3n) is 5.42. The van der Waals surface area contributed by atoms with Gasteiger partial charge in [0.15, 0.2) is 0 Å². The predicted octanol–water partition coefficient (Wildman–Crippen LogP) is 3.21. The van der Waals surface area contributed by atoms with Crippen LogP contribution in [0.3, 0.4) is 0 Å². The lowest BCUT2D eigenvalue weighted by Crippen LogP contribution is -2.52. The van der Waals surface area contributed by atoms with E-state index in [9.17, 15) is 9.18 Å². The summed E-state index contributed by atoms with van der Waals surface area (Å²) in [5, 5.41) is 0. The Bertz CT molecular complexity index is 567. The fourth-order valence-corrected chi connectivity index (χ4v) is 4.10. The molecule has 2 saturated heterocycles. The molecule has 2 fully saturated rings. The first-order valence-electron chi connectivity index (χ1n) is 9.53. The van der Waals surface area contributed by atoms with E-state index >= 15 is 0 Å². The molecular formula is C20H29FN2O2. The van der Waals surface area contributed by atoms with Crippen molar-refractivity contribution in [2.75, 3.05) is 26.3 Å². The van der Waals surface area contributed by atoms with Gasteiger partial charge in [0.1, 0.15) is 5.82 Å². The highest BCUT2D eigenvalue weighted by Gasteiger charge is 2.33. The molecule has 0 bridgehead atoms. The third-order valence-corrected chi connectivity index (χ3v) is 5.42. The lowest BCUT2D eigenvalue weighted by molar-refractivity contribution is -0.139. The molecule has 25 heavy (non-hydrogen) atoms. The second-order valence-corrected chi connectivity index (χ2v) is 7.14. The van der Waals surface area contributed by atoms with Gasteiger partial charge in [-0.1, -0.05) is 19.1 Å². The first kappa shape index (κ1) is 18.3. The van der Waals surface area contributed by atoms with Gasteiger partial charge < -0.3 is 9.64 Å². The zero-order chi connectivity index (χ0) is 17.6. The maximum Gasteiger partial charge on any atom is 0.222 e. The Morgan fingerprint density at radius 2 is 1.88 bits per heavy atom. The minimum absolute atomic E-state index is 0.174. The first-order chi connectivity index (χ1) is 12.2. The molecule has 0 radical (unpaired) electrons. The van der Waals surface area contributed by atoms with Crippen LogP contribution in [0.15, 0.2) is 24.3 Å². The first-order valence-corrected chi connectivity index (χ1v) is 9.53. The molecule has 2 aliphatic rings. The van der Waals surface area contributed by atoms with Crippen molar-refractivity contribution in [1.29, 1.82) is 0 Å². The van der Waals surface area contributed by atoms with Gasteiger partial charge in [0.25, 0.3) is 0 Å². The lowest BCUT2D eigenvalue weighted by Gasteiger charge is -2.43. The maximum atomic E-state index is 13.4. The minimum atomic E-state index is -0.174. The number of hydrogen-bond donors (Lipinski definition) is 0. The molecule has 0 saturated carbocycles. The van der Waals surface area contributed by atoms with Gasteiger partial charge in [-0.15, -0.1) is 0 Å². The zero-order valence-corrected chi connectivity index (χ0v) is 15.1. The number of hydrogen-bond acceptors (Lipinski definition) is 3. The smallest absolute Gasteiger partial charge is 0.222 e. The summed E-state index contributed by atoms with van der Waals surface area (Å²) in [6.07, 6.45) is 4.47. The van der Waals surface area contributed by atoms with Crippen LogP contribution in [0.4, 0.5) is 4.39 Å². The molecule has 138 valence electrons. The van der Waals surface area contributed by atoms with Crippen LogP contribution >= 0.6 is 0 Å². The molecule has 0 aliphatic carbocycles. The highest BCUT2D eigenvalue weighted by molar-refractivity contribution is 5.76. The lowest BCUT2D eigenvalue weighted by atomic mass is 9.97. The van der Waals surface area contributed by atoms with Gasteiger partial charge in [-0.25, -0.2) is 4.39 Å². The third kappa shape index (κ3) is 4.79. The topological polar surface area (TPSA) is 32.8 Å². The minimum Gasteiger partial charge on any atom is -0.381 e. The second kappa shape index (κ2) is 8.77. The fraction of sp³-hybridized carbons (Fsp3) is 0.650. The van der Waals surface area contributed by atoms with E-state index in [1.807, 2.05) is 13.0 Å². The van der Waals surface area contributed by atoms with E-state index < -0.39 is 0 Å². The Balaban J connectivity index is 1.58. The maximum absolute atomic E-state index is 13.4. The van der Waals surface area contributed by atoms with Gasteiger partial charge in [0.2, 0.25) is 5.91 Å². The Kier molecular flexibility index (Phi) is 6.43. The van der Waals surface area contributed by atoms with Crippen molar-refractivity contribution >= 4 is 5.91 Å². The van der Waals surface area contributed by atoms with Crippen LogP contribution < -0.4 is 0 Å². The zero-order valence-electron chi connectivity index (χ0n) is 15.1. The molecule has 3 rings (SSSR count). The fourth-order valence-electron chi connectivity index (χ4n) is 4.10. The Labute approximate surface area is 149 Å². The Hall–Kier alpha value is -1.46. The highest BCUT2D eigenvalue weighted by atomic mass is 19.1. The molecule has 2 heterocycles. The number of amides is 1. The molecule has 0 spiro atoms. The van der Waals surface area contributed by atoms with E-state index in [2.05, 4.69) is 9.80 Å². The Morgan fingerprint density at radius 3 is 2.52 bits per heavy atom. The second-order valence-electron chi connectivity index (χ2n) is 7.14. The number of piperidine rings is 1. The molecule has 0 unspecified atom stereocenters. The van der Waals surface area contributed by atoms with E-state index in [1.54, 1.807) is 12.1 Å². The number of nitrogens with zero attached hydrogens (tertiary/aromatic N) is 2. The average Bonchev–Trinajstić information content (AvgIpc) is 2.64. The summed E-state index contributed by atoms with van der Waals surface area (Å²) in [5.41, 5.74) is 1.02. The number of ether oxygens (including phenoxy) is 1. The van der Waals surface area contributed by atoms with Gasteiger partial charge >= 0.3 is 0 Å². The summed E-state index contributed by atoms with van der Waals surface area (Å²) in [6.45, 7) is 6.17. The quantitative estimate of drug-likeness (QED) is 0.819. The molecule has 0 N–H and O–H groups in total. The molecule has 5 heteroatoms. The molecule has 2 aliphatic heterocycles. The van der Waals surface area contributed by atoms with E-state index in [-0.39, 0.29) is 11.7 Å². The molecule has 1 amide bonds. The summed E-state index contributed by atoms with van der Waals surface area (Å²) < 4.78 is 18.8. The van der Waals surface area contributed by atoms with Crippen LogP contribution in [-0.4, -0.2) is 54.1 Å². The SMILES string of the molecule is CCC(=O)N(C1CCOCC1)C1CCN(Cc2cccc(F)c2)CC1. The number of carbonyl (C=O) groups excluding carboxylic acids is 1. The predicted molar refractivity (Wildman–Crippen MR) is 95.7 cm³/mol. The van der Waals surface area contributed by atoms with E-state index in [0.717, 1.165) is 64.1 Å². The summed E-state index contributed by atoms with van der Waals surface area (Å²) >= 11 is 0. The van der Waals surface area contributed by atoms with Crippen molar-refractivity contribution in [3.63, 3.8) is 0 Å². The average molecular weight is 348 g/mol. The largest absolute Gasteiger partial charge is 0.381 e. The molecule has 1 aromatic carbocycles. The van der Waals surface area contributed by atoms with E-state index in [0.29, 0.717) is 18.5 Å². The van der Waals surface area contributed by atoms with Crippen LogP contribution in [0.2, 0.25) is 0 Å². The molecular weight excluding hydrogens is 319 g/mol. The molecule has 0 atom stereocenters. The summed E-state index contributed by atoms with van der Waals surface area (Å²) in [7, 11) is 0. The number of benzene rings is 1. The van der Waals surface area contributed by atoms with Crippen molar-refractivity contribution in [2.45, 2.75) is 57.7 Å². The number of rotatable bonds is 5. The number of halogens is 1. The van der Waals surface area contributed by atoms with Gasteiger partial charge in [0, 0.05) is 51.4 Å². The van der Waals surface area contributed by atoms with Crippen molar-refractivity contribution < 1.29 is 13.9 Å². The van der Waals surface area contributed by atoms with Crippen LogP contribution in [0.1, 0.15) is 44.6 Å². The molecule has 4 nitrogen and oxygen atoms in total. The highest BCUT2D eigenvalue weighted by Crippen LogP contribution is 2.25. The standard InChI is InChI=1S/C20H29FN2O2/c1-2-20(24)23(19-8-12-25-13-9-19)18-6-10-22(11-7-18)15-16-4-3-5-17(21)14-16/h3-5,14,18-19H,2,6-13,15H2,1H3.